The van der Waals surface area contributed by atoms with Gasteiger partial charge >= 0.3 is 5.97 Å². The third kappa shape index (κ3) is 3.93. The van der Waals surface area contributed by atoms with Crippen molar-refractivity contribution in [2.45, 2.75) is 6.42 Å². The minimum Gasteiger partial charge on any atom is -0.481 e. The number of rotatable bonds is 4. The first-order valence-electron chi connectivity index (χ1n) is 5.90. The van der Waals surface area contributed by atoms with Gasteiger partial charge in [0.25, 0.3) is 5.91 Å². The lowest BCUT2D eigenvalue weighted by Crippen LogP contribution is -2.15. The monoisotopic (exact) mass is 324 g/mol. The molecule has 0 radical (unpaired) electrons. The number of carbonyl (C=O) groups is 2. The van der Waals surface area contributed by atoms with Gasteiger partial charge in [0.2, 0.25) is 0 Å². The SMILES string of the molecule is O=C(O)Cc1ccccc1NC(=O)c1ccc(Cl)nc1Cl. The summed E-state index contributed by atoms with van der Waals surface area (Å²) >= 11 is 11.5. The molecular formula is C14H10Cl2N2O3. The van der Waals surface area contributed by atoms with Crippen LogP contribution in [0.2, 0.25) is 10.3 Å². The van der Waals surface area contributed by atoms with Gasteiger partial charge in [-0.3, -0.25) is 9.59 Å². The van der Waals surface area contributed by atoms with E-state index in [-0.39, 0.29) is 22.3 Å². The summed E-state index contributed by atoms with van der Waals surface area (Å²) in [5.41, 5.74) is 1.07. The number of nitrogens with zero attached hydrogens (tertiary/aromatic N) is 1. The Morgan fingerprint density at radius 3 is 2.52 bits per heavy atom. The fraction of sp³-hybridized carbons (Fsp3) is 0.0714. The molecule has 1 heterocycles. The van der Waals surface area contributed by atoms with Gasteiger partial charge in [0.05, 0.1) is 12.0 Å². The smallest absolute Gasteiger partial charge is 0.307 e. The Balaban J connectivity index is 2.25. The average Bonchev–Trinajstić information content (AvgIpc) is 2.40. The lowest BCUT2D eigenvalue weighted by Gasteiger charge is -2.10. The second kappa shape index (κ2) is 6.56. The first-order valence-corrected chi connectivity index (χ1v) is 6.66. The third-order valence-electron chi connectivity index (χ3n) is 2.67. The topological polar surface area (TPSA) is 79.3 Å². The van der Waals surface area contributed by atoms with Crippen LogP contribution in [0, 0.1) is 0 Å². The predicted molar refractivity (Wildman–Crippen MR) is 80.0 cm³/mol. The number of para-hydroxylation sites is 1. The van der Waals surface area contributed by atoms with Crippen LogP contribution in [0.25, 0.3) is 0 Å². The zero-order valence-corrected chi connectivity index (χ0v) is 12.1. The fourth-order valence-corrected chi connectivity index (χ4v) is 2.16. The molecule has 2 rings (SSSR count). The van der Waals surface area contributed by atoms with E-state index in [1.807, 2.05) is 0 Å². The molecule has 1 aromatic carbocycles. The number of benzene rings is 1. The zero-order chi connectivity index (χ0) is 15.4. The maximum atomic E-state index is 12.2. The first kappa shape index (κ1) is 15.3. The van der Waals surface area contributed by atoms with E-state index in [2.05, 4.69) is 10.3 Å². The lowest BCUT2D eigenvalue weighted by molar-refractivity contribution is -0.136. The summed E-state index contributed by atoms with van der Waals surface area (Å²) in [6.45, 7) is 0. The molecular weight excluding hydrogens is 315 g/mol. The Hall–Kier alpha value is -2.11. The van der Waals surface area contributed by atoms with Crippen molar-refractivity contribution in [1.82, 2.24) is 4.98 Å². The van der Waals surface area contributed by atoms with Crippen molar-refractivity contribution in [2.24, 2.45) is 0 Å². The second-order valence-electron chi connectivity index (χ2n) is 4.15. The molecule has 0 unspecified atom stereocenters. The molecule has 5 nitrogen and oxygen atoms in total. The Bertz CT molecular complexity index is 704. The number of anilines is 1. The highest BCUT2D eigenvalue weighted by molar-refractivity contribution is 6.35. The zero-order valence-electron chi connectivity index (χ0n) is 10.6. The number of hydrogen-bond donors (Lipinski definition) is 2. The molecule has 21 heavy (non-hydrogen) atoms. The van der Waals surface area contributed by atoms with Gasteiger partial charge in [-0.15, -0.1) is 0 Å². The second-order valence-corrected chi connectivity index (χ2v) is 4.90. The van der Waals surface area contributed by atoms with Crippen LogP contribution in [0.1, 0.15) is 15.9 Å². The number of nitrogens with one attached hydrogen (secondary N) is 1. The first-order chi connectivity index (χ1) is 9.97. The minimum atomic E-state index is -0.983. The quantitative estimate of drug-likeness (QED) is 0.846. The van der Waals surface area contributed by atoms with E-state index in [0.29, 0.717) is 11.3 Å². The summed E-state index contributed by atoms with van der Waals surface area (Å²) in [6.07, 6.45) is -0.191. The molecule has 0 atom stereocenters. The van der Waals surface area contributed by atoms with E-state index in [1.165, 1.54) is 12.1 Å². The molecule has 0 aliphatic rings. The van der Waals surface area contributed by atoms with Crippen LogP contribution in [-0.2, 0) is 11.2 Å². The Morgan fingerprint density at radius 1 is 1.14 bits per heavy atom. The van der Waals surface area contributed by atoms with Crippen molar-refractivity contribution in [1.29, 1.82) is 0 Å². The molecule has 0 aliphatic carbocycles. The highest BCUT2D eigenvalue weighted by Gasteiger charge is 2.14. The van der Waals surface area contributed by atoms with Gasteiger partial charge in [-0.1, -0.05) is 41.4 Å². The van der Waals surface area contributed by atoms with Crippen LogP contribution in [0.5, 0.6) is 0 Å². The minimum absolute atomic E-state index is 0.0179. The van der Waals surface area contributed by atoms with Gasteiger partial charge in [0, 0.05) is 5.69 Å². The van der Waals surface area contributed by atoms with Crippen molar-refractivity contribution in [3.05, 3.63) is 57.8 Å². The molecule has 0 bridgehead atoms. The number of aromatic nitrogens is 1. The molecule has 1 amide bonds. The molecule has 0 fully saturated rings. The molecule has 0 saturated carbocycles. The van der Waals surface area contributed by atoms with Gasteiger partial charge in [0.15, 0.2) is 0 Å². The molecule has 0 aliphatic heterocycles. The van der Waals surface area contributed by atoms with Crippen molar-refractivity contribution in [3.8, 4) is 0 Å². The number of carboxylic acid groups (broad SMARTS) is 1. The van der Waals surface area contributed by atoms with Crippen LogP contribution in [-0.4, -0.2) is 22.0 Å². The summed E-state index contributed by atoms with van der Waals surface area (Å²) in [6, 6.07) is 9.55. The number of carbonyl (C=O) groups excluding carboxylic acids is 1. The van der Waals surface area contributed by atoms with Crippen molar-refractivity contribution < 1.29 is 14.7 Å². The number of hydrogen-bond acceptors (Lipinski definition) is 3. The average molecular weight is 325 g/mol. The lowest BCUT2D eigenvalue weighted by atomic mass is 10.1. The van der Waals surface area contributed by atoms with E-state index in [4.69, 9.17) is 28.3 Å². The van der Waals surface area contributed by atoms with Crippen molar-refractivity contribution in [3.63, 3.8) is 0 Å². The number of pyridine rings is 1. The van der Waals surface area contributed by atoms with Crippen LogP contribution in [0.4, 0.5) is 5.69 Å². The molecule has 108 valence electrons. The van der Waals surface area contributed by atoms with E-state index in [9.17, 15) is 9.59 Å². The standard InChI is InChI=1S/C14H10Cl2N2O3/c15-11-6-5-9(13(16)18-11)14(21)17-10-4-2-1-3-8(10)7-12(19)20/h1-6H,7H2,(H,17,21)(H,19,20). The number of aliphatic carboxylic acids is 1. The highest BCUT2D eigenvalue weighted by Crippen LogP contribution is 2.20. The van der Waals surface area contributed by atoms with E-state index >= 15 is 0 Å². The van der Waals surface area contributed by atoms with E-state index < -0.39 is 11.9 Å². The summed E-state index contributed by atoms with van der Waals surface area (Å²) in [7, 11) is 0. The van der Waals surface area contributed by atoms with Crippen LogP contribution in [0.15, 0.2) is 36.4 Å². The Morgan fingerprint density at radius 2 is 1.86 bits per heavy atom. The largest absolute Gasteiger partial charge is 0.481 e. The molecule has 7 heteroatoms. The fourth-order valence-electron chi connectivity index (χ4n) is 1.73. The molecule has 2 aromatic rings. The molecule has 0 spiro atoms. The molecule has 0 saturated heterocycles. The van der Waals surface area contributed by atoms with Gasteiger partial charge in [-0.2, -0.15) is 0 Å². The maximum Gasteiger partial charge on any atom is 0.307 e. The van der Waals surface area contributed by atoms with Crippen molar-refractivity contribution >= 4 is 40.8 Å². The van der Waals surface area contributed by atoms with Crippen LogP contribution in [0.3, 0.4) is 0 Å². The summed E-state index contributed by atoms with van der Waals surface area (Å²) in [5.74, 6) is -1.47. The Labute approximate surface area is 130 Å². The van der Waals surface area contributed by atoms with Crippen LogP contribution >= 0.6 is 23.2 Å². The third-order valence-corrected chi connectivity index (χ3v) is 3.17. The van der Waals surface area contributed by atoms with Gasteiger partial charge in [-0.25, -0.2) is 4.98 Å². The Kier molecular flexibility index (Phi) is 4.77. The van der Waals surface area contributed by atoms with Crippen LogP contribution < -0.4 is 5.32 Å². The number of amides is 1. The number of halogens is 2. The van der Waals surface area contributed by atoms with Crippen molar-refractivity contribution in [2.75, 3.05) is 5.32 Å². The normalized spacial score (nSPS) is 10.2. The number of carboxylic acids is 1. The van der Waals surface area contributed by atoms with E-state index in [0.717, 1.165) is 0 Å². The molecule has 1 aromatic heterocycles. The van der Waals surface area contributed by atoms with E-state index in [1.54, 1.807) is 24.3 Å². The maximum absolute atomic E-state index is 12.2. The summed E-state index contributed by atoms with van der Waals surface area (Å²) in [4.78, 5) is 26.8. The summed E-state index contributed by atoms with van der Waals surface area (Å²) < 4.78 is 0. The summed E-state index contributed by atoms with van der Waals surface area (Å²) in [5, 5.41) is 11.6. The van der Waals surface area contributed by atoms with Gasteiger partial charge in [0.1, 0.15) is 10.3 Å². The predicted octanol–water partition coefficient (Wildman–Crippen LogP) is 3.27. The van der Waals surface area contributed by atoms with Gasteiger partial charge < -0.3 is 10.4 Å². The highest BCUT2D eigenvalue weighted by atomic mass is 35.5. The van der Waals surface area contributed by atoms with Gasteiger partial charge in [-0.05, 0) is 23.8 Å². The molecule has 2 N–H and O–H groups in total.